The quantitative estimate of drug-likeness (QED) is 0.361. The third-order valence-corrected chi connectivity index (χ3v) is 1.86. The van der Waals surface area contributed by atoms with Gasteiger partial charge in [0.1, 0.15) is 0 Å². The number of hydrogen-bond acceptors (Lipinski definition) is 5. The van der Waals surface area contributed by atoms with Crippen molar-refractivity contribution in [2.45, 2.75) is 0 Å². The largest absolute Gasteiger partial charge is 1.00 e. The smallest absolute Gasteiger partial charge is 0.789 e. The van der Waals surface area contributed by atoms with E-state index in [2.05, 4.69) is 4.31 Å². The molecule has 0 spiro atoms. The Morgan fingerprint density at radius 2 is 1.45 bits per heavy atom. The minimum atomic E-state index is -5.55. The van der Waals surface area contributed by atoms with E-state index in [4.69, 9.17) is 9.79 Å². The molecule has 0 heterocycles. The molecule has 0 aromatic rings. The predicted molar refractivity (Wildman–Crippen MR) is 20.7 cm³/mol. The third kappa shape index (κ3) is 19.3. The summed E-state index contributed by atoms with van der Waals surface area (Å²) in [6.07, 6.45) is 0. The zero-order chi connectivity index (χ0) is 7.71. The van der Waals surface area contributed by atoms with Gasteiger partial charge < -0.3 is 24.1 Å². The average molecular weight is 238 g/mol. The molecule has 0 bridgehead atoms. The molecule has 0 aromatic carbocycles. The molecule has 56 valence electrons. The van der Waals surface area contributed by atoms with E-state index in [1.165, 1.54) is 0 Å². The molecule has 11 heavy (non-hydrogen) atoms. The Balaban J connectivity index is -0.000000320. The number of rotatable bonds is 2. The Labute approximate surface area is 127 Å². The maximum Gasteiger partial charge on any atom is 1.00 e. The van der Waals surface area contributed by atoms with Crippen LogP contribution in [0, 0.1) is 0 Å². The summed E-state index contributed by atoms with van der Waals surface area (Å²) in [5.41, 5.74) is 0. The molecule has 0 atom stereocenters. The molecule has 0 radical (unpaired) electrons. The fourth-order valence-corrected chi connectivity index (χ4v) is 1.17. The van der Waals surface area contributed by atoms with Gasteiger partial charge in [0, 0.05) is 0 Å². The summed E-state index contributed by atoms with van der Waals surface area (Å²) in [5, 5.41) is 0. The zero-order valence-corrected chi connectivity index (χ0v) is 12.7. The third-order valence-electron chi connectivity index (χ3n) is 0.206. The Morgan fingerprint density at radius 1 is 1.18 bits per heavy atom. The summed E-state index contributed by atoms with van der Waals surface area (Å²) < 4.78 is 21.7. The van der Waals surface area contributed by atoms with Crippen LogP contribution in [0.25, 0.3) is 0 Å². The summed E-state index contributed by atoms with van der Waals surface area (Å²) in [7, 11) is -10.7. The summed E-state index contributed by atoms with van der Waals surface area (Å²) in [5.74, 6) is 0. The van der Waals surface area contributed by atoms with Gasteiger partial charge in [-0.15, -0.1) is 0 Å². The van der Waals surface area contributed by atoms with Gasteiger partial charge in [-0.2, -0.15) is 0 Å². The van der Waals surface area contributed by atoms with Crippen molar-refractivity contribution in [1.29, 1.82) is 0 Å². The van der Waals surface area contributed by atoms with E-state index in [-0.39, 0.29) is 80.9 Å². The monoisotopic (exact) mass is 238 g/mol. The minimum Gasteiger partial charge on any atom is -0.789 e. The minimum absolute atomic E-state index is 0. The second kappa shape index (κ2) is 7.22. The molecule has 0 aromatic heterocycles. The number of hydrogen-bond donors (Lipinski definition) is 2. The van der Waals surface area contributed by atoms with Crippen molar-refractivity contribution in [3.63, 3.8) is 0 Å². The van der Waals surface area contributed by atoms with Crippen LogP contribution in [0.15, 0.2) is 0 Å². The maximum atomic E-state index is 9.55. The second-order valence-electron chi connectivity index (χ2n) is 1.02. The summed E-state index contributed by atoms with van der Waals surface area (Å²) in [6, 6.07) is 0. The van der Waals surface area contributed by atoms with E-state index in [9.17, 15) is 18.9 Å². The van der Waals surface area contributed by atoms with Crippen molar-refractivity contribution in [1.82, 2.24) is 0 Å². The van der Waals surface area contributed by atoms with Crippen molar-refractivity contribution < 1.29 is 114 Å². The van der Waals surface area contributed by atoms with Gasteiger partial charge in [0.05, 0.1) is 7.82 Å². The Kier molecular flexibility index (Phi) is 12.8. The first-order valence-electron chi connectivity index (χ1n) is 1.50. The predicted octanol–water partition coefficient (Wildman–Crippen LogP) is -8.07. The van der Waals surface area contributed by atoms with E-state index in [0.717, 1.165) is 0 Å². The molecule has 0 saturated carbocycles. The first-order valence-corrected chi connectivity index (χ1v) is 4.49. The fraction of sp³-hybridized carbons (Fsp3) is 0. The first-order chi connectivity index (χ1) is 3.71. The molecule has 0 aliphatic carbocycles. The summed E-state index contributed by atoms with van der Waals surface area (Å²) >= 11 is 0. The van der Waals surface area contributed by atoms with Crippen LogP contribution in [0.1, 0.15) is 0 Å². The maximum absolute atomic E-state index is 9.55. The molecular formula is H2KNaO7P2. The Bertz CT molecular complexity index is 157. The molecule has 0 rings (SSSR count). The molecule has 0 aliphatic rings. The van der Waals surface area contributed by atoms with Gasteiger partial charge in [-0.1, -0.05) is 0 Å². The van der Waals surface area contributed by atoms with Gasteiger partial charge in [-0.25, -0.2) is 4.57 Å². The first kappa shape index (κ1) is 19.5. The van der Waals surface area contributed by atoms with E-state index in [1.54, 1.807) is 0 Å². The van der Waals surface area contributed by atoms with Gasteiger partial charge >= 0.3 is 88.8 Å². The van der Waals surface area contributed by atoms with Gasteiger partial charge in [-0.3, -0.25) is 4.31 Å². The molecule has 0 fully saturated rings. The van der Waals surface area contributed by atoms with Gasteiger partial charge in [0.2, 0.25) is 0 Å². The van der Waals surface area contributed by atoms with Crippen LogP contribution in [0.5, 0.6) is 0 Å². The molecular weight excluding hydrogens is 236 g/mol. The van der Waals surface area contributed by atoms with E-state index in [1.807, 2.05) is 0 Å². The number of phosphoric acid groups is 2. The average Bonchev–Trinajstić information content (AvgIpc) is 1.14. The van der Waals surface area contributed by atoms with Crippen molar-refractivity contribution >= 4 is 15.6 Å². The zero-order valence-electron chi connectivity index (χ0n) is 5.83. The van der Waals surface area contributed by atoms with Crippen molar-refractivity contribution in [2.75, 3.05) is 0 Å². The molecule has 2 N–H and O–H groups in total. The van der Waals surface area contributed by atoms with Crippen LogP contribution in [-0.4, -0.2) is 9.79 Å². The Hall–Kier alpha value is 2.90. The van der Waals surface area contributed by atoms with Crippen LogP contribution in [0.3, 0.4) is 0 Å². The van der Waals surface area contributed by atoms with E-state index < -0.39 is 15.6 Å². The van der Waals surface area contributed by atoms with Crippen LogP contribution >= 0.6 is 15.6 Å². The van der Waals surface area contributed by atoms with Crippen LogP contribution < -0.4 is 90.7 Å². The van der Waals surface area contributed by atoms with Crippen LogP contribution in [0.2, 0.25) is 0 Å². The topological polar surface area (TPSA) is 130 Å². The van der Waals surface area contributed by atoms with E-state index in [0.29, 0.717) is 0 Å². The SMILES string of the molecule is O=P([O-])([O-])OP(=O)(O)O.[K+].[Na+]. The van der Waals surface area contributed by atoms with Gasteiger partial charge in [0.15, 0.2) is 0 Å². The van der Waals surface area contributed by atoms with E-state index >= 15 is 0 Å². The standard InChI is InChI=1S/K.Na.H4O7P2/c;;1-8(2,3)7-9(4,5)6/h;;(H2,1,2,3)(H2,4,5,6)/q2*+1;/p-2. The normalized spacial score (nSPS) is 11.3. The van der Waals surface area contributed by atoms with Crippen molar-refractivity contribution in [3.8, 4) is 0 Å². The molecule has 0 amide bonds. The molecule has 11 heteroatoms. The second-order valence-corrected chi connectivity index (χ2v) is 3.55. The molecule has 0 aliphatic heterocycles. The molecule has 7 nitrogen and oxygen atoms in total. The summed E-state index contributed by atoms with van der Waals surface area (Å²) in [4.78, 5) is 34.1. The molecule has 0 unspecified atom stereocenters. The summed E-state index contributed by atoms with van der Waals surface area (Å²) in [6.45, 7) is 0. The van der Waals surface area contributed by atoms with Gasteiger partial charge in [0.25, 0.3) is 0 Å². The Morgan fingerprint density at radius 3 is 1.45 bits per heavy atom. The van der Waals surface area contributed by atoms with Crippen molar-refractivity contribution in [2.24, 2.45) is 0 Å². The van der Waals surface area contributed by atoms with Crippen molar-refractivity contribution in [3.05, 3.63) is 0 Å². The molecule has 0 saturated heterocycles. The fourth-order valence-electron chi connectivity index (χ4n) is 0.130. The van der Waals surface area contributed by atoms with Gasteiger partial charge in [-0.05, 0) is 0 Å². The van der Waals surface area contributed by atoms with Crippen LogP contribution in [-0.2, 0) is 13.4 Å². The van der Waals surface area contributed by atoms with Crippen LogP contribution in [0.4, 0.5) is 0 Å².